The minimum atomic E-state index is -0.325. The highest BCUT2D eigenvalue weighted by molar-refractivity contribution is 7.80. The number of benzene rings is 2. The first-order valence-corrected chi connectivity index (χ1v) is 11.2. The summed E-state index contributed by atoms with van der Waals surface area (Å²) in [5, 5.41) is 5.86. The van der Waals surface area contributed by atoms with E-state index in [2.05, 4.69) is 15.5 Å². The van der Waals surface area contributed by atoms with Gasteiger partial charge in [-0.3, -0.25) is 14.9 Å². The Morgan fingerprint density at radius 1 is 1.00 bits per heavy atom. The lowest BCUT2D eigenvalue weighted by Gasteiger charge is -2.37. The number of aryl methyl sites for hydroxylation is 1. The fraction of sp³-hybridized carbons (Fsp3) is 0.375. The van der Waals surface area contributed by atoms with Crippen LogP contribution in [0.1, 0.15) is 19.4 Å². The zero-order valence-electron chi connectivity index (χ0n) is 18.8. The van der Waals surface area contributed by atoms with E-state index in [4.69, 9.17) is 17.0 Å². The molecule has 1 aliphatic heterocycles. The number of ether oxygens (including phenoxy) is 1. The van der Waals surface area contributed by atoms with E-state index >= 15 is 0 Å². The number of rotatable bonds is 6. The van der Waals surface area contributed by atoms with E-state index in [0.717, 1.165) is 43.1 Å². The predicted molar refractivity (Wildman–Crippen MR) is 131 cm³/mol. The number of carbonyl (C=O) groups excluding carboxylic acids is 2. The molecule has 2 aromatic carbocycles. The van der Waals surface area contributed by atoms with Gasteiger partial charge in [-0.1, -0.05) is 31.5 Å². The lowest BCUT2D eigenvalue weighted by Crippen LogP contribution is -2.49. The number of piperazine rings is 1. The minimum Gasteiger partial charge on any atom is -0.484 e. The van der Waals surface area contributed by atoms with Gasteiger partial charge in [0.15, 0.2) is 11.7 Å². The molecule has 1 aliphatic rings. The Kier molecular flexibility index (Phi) is 8.05. The van der Waals surface area contributed by atoms with Gasteiger partial charge in [-0.25, -0.2) is 0 Å². The van der Waals surface area contributed by atoms with E-state index in [1.807, 2.05) is 74.2 Å². The lowest BCUT2D eigenvalue weighted by atomic mass is 10.1. The predicted octanol–water partition coefficient (Wildman–Crippen LogP) is 3.19. The highest BCUT2D eigenvalue weighted by Gasteiger charge is 2.22. The van der Waals surface area contributed by atoms with E-state index in [0.29, 0.717) is 5.75 Å². The smallest absolute Gasteiger partial charge is 0.264 e. The average molecular weight is 455 g/mol. The molecule has 2 N–H and O–H groups in total. The van der Waals surface area contributed by atoms with Gasteiger partial charge in [0.2, 0.25) is 5.91 Å². The summed E-state index contributed by atoms with van der Waals surface area (Å²) in [4.78, 5) is 28.4. The molecule has 32 heavy (non-hydrogen) atoms. The Labute approximate surface area is 194 Å². The summed E-state index contributed by atoms with van der Waals surface area (Å²) in [6.07, 6.45) is 0. The van der Waals surface area contributed by atoms with Crippen LogP contribution in [-0.2, 0) is 9.59 Å². The van der Waals surface area contributed by atoms with Crippen molar-refractivity contribution in [3.05, 3.63) is 54.1 Å². The molecule has 7 nitrogen and oxygen atoms in total. The van der Waals surface area contributed by atoms with Crippen molar-refractivity contribution < 1.29 is 14.3 Å². The van der Waals surface area contributed by atoms with Crippen LogP contribution < -0.4 is 20.3 Å². The molecule has 170 valence electrons. The fourth-order valence-electron chi connectivity index (χ4n) is 3.41. The highest BCUT2D eigenvalue weighted by Crippen LogP contribution is 2.20. The first-order valence-electron chi connectivity index (χ1n) is 10.8. The number of amides is 2. The van der Waals surface area contributed by atoms with E-state index in [9.17, 15) is 9.59 Å². The summed E-state index contributed by atoms with van der Waals surface area (Å²) < 4.78 is 5.46. The second-order valence-electron chi connectivity index (χ2n) is 8.12. The second-order valence-corrected chi connectivity index (χ2v) is 8.53. The van der Waals surface area contributed by atoms with Crippen LogP contribution >= 0.6 is 12.2 Å². The standard InChI is InChI=1S/C24H30N4O3S/c1-17(2)23(30)28-14-12-27(13-15-28)20-8-6-19(7-9-20)25-24(32)26-22(29)16-31-21-10-4-18(3)5-11-21/h4-11,17H,12-16H2,1-3H3,(H2,25,26,29,32). The zero-order valence-corrected chi connectivity index (χ0v) is 19.6. The Morgan fingerprint density at radius 2 is 1.62 bits per heavy atom. The van der Waals surface area contributed by atoms with Crippen LogP contribution in [0.15, 0.2) is 48.5 Å². The first-order chi connectivity index (χ1) is 15.3. The molecule has 1 heterocycles. The summed E-state index contributed by atoms with van der Waals surface area (Å²) in [5.74, 6) is 0.553. The van der Waals surface area contributed by atoms with Gasteiger partial charge in [-0.2, -0.15) is 0 Å². The average Bonchev–Trinajstić information content (AvgIpc) is 2.78. The molecule has 0 unspecified atom stereocenters. The van der Waals surface area contributed by atoms with Gasteiger partial charge in [0, 0.05) is 43.5 Å². The first kappa shape index (κ1) is 23.5. The van der Waals surface area contributed by atoms with Crippen LogP contribution in [0.5, 0.6) is 5.75 Å². The Hall–Kier alpha value is -3.13. The van der Waals surface area contributed by atoms with Gasteiger partial charge < -0.3 is 19.9 Å². The van der Waals surface area contributed by atoms with E-state index in [1.165, 1.54) is 0 Å². The van der Waals surface area contributed by atoms with Crippen LogP contribution in [0.25, 0.3) is 0 Å². The molecular formula is C24H30N4O3S. The molecule has 2 amide bonds. The van der Waals surface area contributed by atoms with Gasteiger partial charge in [-0.15, -0.1) is 0 Å². The molecule has 0 bridgehead atoms. The number of hydrogen-bond donors (Lipinski definition) is 2. The minimum absolute atomic E-state index is 0.0328. The molecule has 0 aromatic heterocycles. The third kappa shape index (κ3) is 6.68. The number of thiocarbonyl (C=S) groups is 1. The number of carbonyl (C=O) groups is 2. The molecule has 2 aromatic rings. The van der Waals surface area contributed by atoms with Crippen molar-refractivity contribution in [3.63, 3.8) is 0 Å². The molecule has 0 atom stereocenters. The molecule has 0 saturated carbocycles. The van der Waals surface area contributed by atoms with Crippen LogP contribution in [0.2, 0.25) is 0 Å². The van der Waals surface area contributed by atoms with Gasteiger partial charge in [0.25, 0.3) is 5.91 Å². The van der Waals surface area contributed by atoms with Gasteiger partial charge in [0.1, 0.15) is 5.75 Å². The highest BCUT2D eigenvalue weighted by atomic mass is 32.1. The quantitative estimate of drug-likeness (QED) is 0.653. The number of hydrogen-bond acceptors (Lipinski definition) is 5. The molecule has 0 spiro atoms. The van der Waals surface area contributed by atoms with E-state index in [1.54, 1.807) is 0 Å². The van der Waals surface area contributed by atoms with E-state index < -0.39 is 0 Å². The third-order valence-electron chi connectivity index (χ3n) is 5.22. The summed E-state index contributed by atoms with van der Waals surface area (Å²) >= 11 is 5.23. The normalized spacial score (nSPS) is 13.6. The maximum atomic E-state index is 12.1. The Balaban J connectivity index is 1.43. The Morgan fingerprint density at radius 3 is 2.22 bits per heavy atom. The molecular weight excluding hydrogens is 424 g/mol. The van der Waals surface area contributed by atoms with Gasteiger partial charge in [0.05, 0.1) is 0 Å². The van der Waals surface area contributed by atoms with Gasteiger partial charge >= 0.3 is 0 Å². The number of anilines is 2. The van der Waals surface area contributed by atoms with Crippen molar-refractivity contribution in [1.82, 2.24) is 10.2 Å². The van der Waals surface area contributed by atoms with Crippen molar-refractivity contribution >= 4 is 40.5 Å². The lowest BCUT2D eigenvalue weighted by molar-refractivity contribution is -0.134. The third-order valence-corrected chi connectivity index (χ3v) is 5.42. The maximum absolute atomic E-state index is 12.1. The van der Waals surface area contributed by atoms with Crippen molar-refractivity contribution in [3.8, 4) is 5.75 Å². The summed E-state index contributed by atoms with van der Waals surface area (Å²) in [6.45, 7) is 8.82. The molecule has 1 fully saturated rings. The molecule has 8 heteroatoms. The van der Waals surface area contributed by atoms with Crippen LogP contribution in [0.3, 0.4) is 0 Å². The SMILES string of the molecule is Cc1ccc(OCC(=O)NC(=S)Nc2ccc(N3CCN(C(=O)C(C)C)CC3)cc2)cc1. The zero-order chi connectivity index (χ0) is 23.1. The molecule has 0 radical (unpaired) electrons. The van der Waals surface area contributed by atoms with Crippen molar-refractivity contribution in [2.24, 2.45) is 5.92 Å². The molecule has 1 saturated heterocycles. The van der Waals surface area contributed by atoms with Crippen molar-refractivity contribution in [2.45, 2.75) is 20.8 Å². The fourth-order valence-corrected chi connectivity index (χ4v) is 3.65. The summed E-state index contributed by atoms with van der Waals surface area (Å²) in [6, 6.07) is 15.3. The number of nitrogens with zero attached hydrogens (tertiary/aromatic N) is 2. The largest absolute Gasteiger partial charge is 0.484 e. The van der Waals surface area contributed by atoms with Crippen LogP contribution in [0.4, 0.5) is 11.4 Å². The maximum Gasteiger partial charge on any atom is 0.264 e. The Bertz CT molecular complexity index is 937. The van der Waals surface area contributed by atoms with Crippen LogP contribution in [-0.4, -0.2) is 54.6 Å². The van der Waals surface area contributed by atoms with Crippen molar-refractivity contribution in [1.29, 1.82) is 0 Å². The summed E-state index contributed by atoms with van der Waals surface area (Å²) in [5.41, 5.74) is 3.00. The van der Waals surface area contributed by atoms with E-state index in [-0.39, 0.29) is 29.5 Å². The topological polar surface area (TPSA) is 73.9 Å². The van der Waals surface area contributed by atoms with Crippen LogP contribution in [0, 0.1) is 12.8 Å². The van der Waals surface area contributed by atoms with Gasteiger partial charge in [-0.05, 0) is 55.5 Å². The second kappa shape index (κ2) is 10.9. The number of nitrogens with one attached hydrogen (secondary N) is 2. The molecule has 3 rings (SSSR count). The molecule has 0 aliphatic carbocycles. The summed E-state index contributed by atoms with van der Waals surface area (Å²) in [7, 11) is 0. The van der Waals surface area contributed by atoms with Crippen molar-refractivity contribution in [2.75, 3.05) is 43.0 Å². The monoisotopic (exact) mass is 454 g/mol.